The number of amides is 3. The second-order valence-electron chi connectivity index (χ2n) is 7.06. The van der Waals surface area contributed by atoms with Crippen LogP contribution in [0.5, 0.6) is 0 Å². The van der Waals surface area contributed by atoms with Crippen LogP contribution in [-0.4, -0.2) is 59.5 Å². The molecule has 0 saturated heterocycles. The van der Waals surface area contributed by atoms with Gasteiger partial charge in [0.05, 0.1) is 6.04 Å². The van der Waals surface area contributed by atoms with E-state index in [1.54, 1.807) is 0 Å². The molecule has 3 amide bonds. The number of rotatable bonds is 13. The normalized spacial score (nSPS) is 16.2. The van der Waals surface area contributed by atoms with Crippen LogP contribution in [0, 0.1) is 5.92 Å². The molecular weight excluding hydrogens is 366 g/mol. The summed E-state index contributed by atoms with van der Waals surface area (Å²) in [7, 11) is 0. The quantitative estimate of drug-likeness (QED) is 0.216. The van der Waals surface area contributed by atoms with Gasteiger partial charge in [0, 0.05) is 0 Å². The summed E-state index contributed by atoms with van der Waals surface area (Å²) in [5.41, 5.74) is 11.3. The van der Waals surface area contributed by atoms with Gasteiger partial charge in [-0.3, -0.25) is 19.2 Å². The van der Waals surface area contributed by atoms with E-state index in [4.69, 9.17) is 16.6 Å². The summed E-state index contributed by atoms with van der Waals surface area (Å²) in [5, 5.41) is 16.3. The van der Waals surface area contributed by atoms with E-state index >= 15 is 0 Å². The van der Waals surface area contributed by atoms with Crippen molar-refractivity contribution in [3.05, 3.63) is 0 Å². The van der Waals surface area contributed by atoms with Crippen molar-refractivity contribution in [3.63, 3.8) is 0 Å². The zero-order valence-corrected chi connectivity index (χ0v) is 17.2. The van der Waals surface area contributed by atoms with Crippen molar-refractivity contribution < 1.29 is 24.3 Å². The third-order valence-electron chi connectivity index (χ3n) is 4.58. The molecule has 10 nitrogen and oxygen atoms in total. The van der Waals surface area contributed by atoms with Crippen LogP contribution in [-0.2, 0) is 19.2 Å². The van der Waals surface area contributed by atoms with Crippen LogP contribution in [0.3, 0.4) is 0 Å². The highest BCUT2D eigenvalue weighted by atomic mass is 16.4. The number of carboxylic acid groups (broad SMARTS) is 1. The van der Waals surface area contributed by atoms with E-state index < -0.39 is 47.9 Å². The first kappa shape index (κ1) is 25.8. The van der Waals surface area contributed by atoms with Crippen LogP contribution < -0.4 is 27.4 Å². The molecule has 162 valence electrons. The van der Waals surface area contributed by atoms with Gasteiger partial charge in [-0.2, -0.15) is 0 Å². The minimum atomic E-state index is -1.18. The highest BCUT2D eigenvalue weighted by molar-refractivity contribution is 5.93. The van der Waals surface area contributed by atoms with Gasteiger partial charge in [0.25, 0.3) is 0 Å². The van der Waals surface area contributed by atoms with Crippen molar-refractivity contribution in [3.8, 4) is 0 Å². The minimum absolute atomic E-state index is 0.187. The summed E-state index contributed by atoms with van der Waals surface area (Å²) in [5.74, 6) is -2.96. The largest absolute Gasteiger partial charge is 0.480 e. The average molecular weight is 402 g/mol. The lowest BCUT2D eigenvalue weighted by atomic mass is 9.97. The second kappa shape index (κ2) is 13.1. The highest BCUT2D eigenvalue weighted by Crippen LogP contribution is 2.09. The average Bonchev–Trinajstić information content (AvgIpc) is 2.64. The number of aliphatic carboxylic acids is 1. The van der Waals surface area contributed by atoms with Crippen molar-refractivity contribution in [2.24, 2.45) is 17.4 Å². The Balaban J connectivity index is 4.91. The van der Waals surface area contributed by atoms with Crippen molar-refractivity contribution >= 4 is 23.7 Å². The number of carbonyl (C=O) groups is 4. The number of hydrogen-bond donors (Lipinski definition) is 6. The van der Waals surface area contributed by atoms with Gasteiger partial charge in [-0.05, 0) is 39.2 Å². The van der Waals surface area contributed by atoms with E-state index in [-0.39, 0.29) is 5.92 Å². The molecule has 0 aliphatic heterocycles. The number of carbonyl (C=O) groups excluding carboxylic acids is 3. The van der Waals surface area contributed by atoms with E-state index in [0.717, 1.165) is 6.42 Å². The third kappa shape index (κ3) is 9.14. The van der Waals surface area contributed by atoms with E-state index in [2.05, 4.69) is 16.0 Å². The summed E-state index contributed by atoms with van der Waals surface area (Å²) in [6.07, 6.45) is 2.56. The van der Waals surface area contributed by atoms with Gasteiger partial charge in [0.15, 0.2) is 0 Å². The molecule has 5 unspecified atom stereocenters. The summed E-state index contributed by atoms with van der Waals surface area (Å²) < 4.78 is 0. The van der Waals surface area contributed by atoms with Gasteiger partial charge >= 0.3 is 5.97 Å². The zero-order chi connectivity index (χ0) is 21.9. The molecular formula is C18H35N5O5. The maximum Gasteiger partial charge on any atom is 0.325 e. The molecule has 0 heterocycles. The Morgan fingerprint density at radius 2 is 1.46 bits per heavy atom. The molecule has 0 aromatic rings. The number of unbranched alkanes of at least 4 members (excludes halogenated alkanes) is 1. The summed E-state index contributed by atoms with van der Waals surface area (Å²) in [6, 6.07) is -3.65. The highest BCUT2D eigenvalue weighted by Gasteiger charge is 2.30. The predicted octanol–water partition coefficient (Wildman–Crippen LogP) is -0.932. The first-order chi connectivity index (χ1) is 13.0. The lowest BCUT2D eigenvalue weighted by Gasteiger charge is -2.26. The fourth-order valence-electron chi connectivity index (χ4n) is 2.37. The molecule has 0 fully saturated rings. The van der Waals surface area contributed by atoms with Crippen LogP contribution in [0.15, 0.2) is 0 Å². The monoisotopic (exact) mass is 401 g/mol. The molecule has 0 bridgehead atoms. The van der Waals surface area contributed by atoms with Crippen LogP contribution in [0.25, 0.3) is 0 Å². The Morgan fingerprint density at radius 1 is 0.893 bits per heavy atom. The summed E-state index contributed by atoms with van der Waals surface area (Å²) in [6.45, 7) is 6.97. The molecule has 28 heavy (non-hydrogen) atoms. The summed E-state index contributed by atoms with van der Waals surface area (Å²) in [4.78, 5) is 47.8. The Bertz CT molecular complexity index is 542. The smallest absolute Gasteiger partial charge is 0.325 e. The van der Waals surface area contributed by atoms with Crippen molar-refractivity contribution in [1.82, 2.24) is 16.0 Å². The van der Waals surface area contributed by atoms with Crippen molar-refractivity contribution in [2.75, 3.05) is 6.54 Å². The Kier molecular flexibility index (Phi) is 12.0. The molecule has 0 spiro atoms. The van der Waals surface area contributed by atoms with Gasteiger partial charge in [-0.1, -0.05) is 26.7 Å². The summed E-state index contributed by atoms with van der Waals surface area (Å²) >= 11 is 0. The Labute approximate surface area is 166 Å². The van der Waals surface area contributed by atoms with Crippen molar-refractivity contribution in [1.29, 1.82) is 0 Å². The van der Waals surface area contributed by atoms with E-state index in [1.807, 2.05) is 13.8 Å². The van der Waals surface area contributed by atoms with Crippen LogP contribution in [0.2, 0.25) is 0 Å². The van der Waals surface area contributed by atoms with E-state index in [1.165, 1.54) is 13.8 Å². The van der Waals surface area contributed by atoms with E-state index in [0.29, 0.717) is 25.8 Å². The second-order valence-corrected chi connectivity index (χ2v) is 7.06. The number of carboxylic acids is 1. The van der Waals surface area contributed by atoms with Crippen LogP contribution in [0.1, 0.15) is 53.4 Å². The van der Waals surface area contributed by atoms with Gasteiger partial charge in [-0.15, -0.1) is 0 Å². The Hall–Kier alpha value is -2.20. The first-order valence-electron chi connectivity index (χ1n) is 9.64. The number of nitrogens with two attached hydrogens (primary N) is 2. The van der Waals surface area contributed by atoms with Gasteiger partial charge in [0.1, 0.15) is 18.1 Å². The molecule has 0 aromatic carbocycles. The SMILES string of the molecule is CCC(C)C(NC(=O)C(N)CCCCN)C(=O)NC(C)C(=O)NC(C)C(=O)O. The molecule has 0 aliphatic rings. The van der Waals surface area contributed by atoms with Gasteiger partial charge < -0.3 is 32.5 Å². The topological polar surface area (TPSA) is 177 Å². The van der Waals surface area contributed by atoms with Crippen LogP contribution in [0.4, 0.5) is 0 Å². The molecule has 10 heteroatoms. The van der Waals surface area contributed by atoms with Gasteiger partial charge in [0.2, 0.25) is 17.7 Å². The lowest BCUT2D eigenvalue weighted by molar-refractivity contribution is -0.141. The maximum absolute atomic E-state index is 12.6. The minimum Gasteiger partial charge on any atom is -0.480 e. The number of nitrogens with one attached hydrogen (secondary N) is 3. The molecule has 5 atom stereocenters. The molecule has 0 saturated carbocycles. The first-order valence-corrected chi connectivity index (χ1v) is 9.64. The predicted molar refractivity (Wildman–Crippen MR) is 105 cm³/mol. The Morgan fingerprint density at radius 3 is 1.96 bits per heavy atom. The molecule has 0 radical (unpaired) electrons. The van der Waals surface area contributed by atoms with Crippen molar-refractivity contribution in [2.45, 2.75) is 77.5 Å². The zero-order valence-electron chi connectivity index (χ0n) is 17.2. The van der Waals surface area contributed by atoms with E-state index in [9.17, 15) is 19.2 Å². The molecule has 8 N–H and O–H groups in total. The van der Waals surface area contributed by atoms with Gasteiger partial charge in [-0.25, -0.2) is 0 Å². The molecule has 0 aromatic heterocycles. The molecule has 0 aliphatic carbocycles. The fraction of sp³-hybridized carbons (Fsp3) is 0.778. The maximum atomic E-state index is 12.6. The third-order valence-corrected chi connectivity index (χ3v) is 4.58. The van der Waals surface area contributed by atoms with Crippen LogP contribution >= 0.6 is 0 Å². The number of hydrogen-bond acceptors (Lipinski definition) is 6. The fourth-order valence-corrected chi connectivity index (χ4v) is 2.37. The lowest BCUT2D eigenvalue weighted by Crippen LogP contribution is -2.57. The standard InChI is InChI=1S/C18H35N5O5/c1-5-10(2)14(23-16(25)13(20)8-6-7-9-19)17(26)21-11(3)15(24)22-12(4)18(27)28/h10-14H,5-9,19-20H2,1-4H3,(H,21,26)(H,22,24)(H,23,25)(H,27,28). The molecule has 0 rings (SSSR count).